The van der Waals surface area contributed by atoms with Gasteiger partial charge in [-0.25, -0.2) is 0 Å². The van der Waals surface area contributed by atoms with Crippen LogP contribution in [-0.2, 0) is 0 Å². The minimum atomic E-state index is 0. The Morgan fingerprint density at radius 2 is 2.16 bits per heavy atom. The molecule has 19 heavy (non-hydrogen) atoms. The first-order valence-corrected chi connectivity index (χ1v) is 7.39. The van der Waals surface area contributed by atoms with Crippen molar-refractivity contribution >= 4 is 33.8 Å². The van der Waals surface area contributed by atoms with Crippen LogP contribution in [0.2, 0.25) is 0 Å². The van der Waals surface area contributed by atoms with Crippen LogP contribution in [0, 0.1) is 0 Å². The first-order chi connectivity index (χ1) is 8.76. The van der Waals surface area contributed by atoms with Gasteiger partial charge in [0.2, 0.25) is 0 Å². The van der Waals surface area contributed by atoms with E-state index in [1.54, 1.807) is 7.11 Å². The molecule has 2 unspecified atom stereocenters. The number of piperidine rings is 1. The Morgan fingerprint density at radius 3 is 2.89 bits per heavy atom. The van der Waals surface area contributed by atoms with E-state index in [2.05, 4.69) is 30.4 Å². The third kappa shape index (κ3) is 3.04. The van der Waals surface area contributed by atoms with E-state index in [0.29, 0.717) is 6.04 Å². The monoisotopic (exact) mass is 297 g/mol. The molecule has 1 aromatic heterocycles. The molecule has 2 nitrogen and oxygen atoms in total. The number of benzene rings is 1. The summed E-state index contributed by atoms with van der Waals surface area (Å²) in [6.45, 7) is 3.42. The van der Waals surface area contributed by atoms with Crippen molar-refractivity contribution in [2.75, 3.05) is 13.7 Å². The zero-order valence-electron chi connectivity index (χ0n) is 11.3. The van der Waals surface area contributed by atoms with Gasteiger partial charge in [0.05, 0.1) is 7.11 Å². The molecule has 0 bridgehead atoms. The number of hydrogen-bond acceptors (Lipinski definition) is 3. The molecule has 2 aromatic rings. The first kappa shape index (κ1) is 14.6. The maximum absolute atomic E-state index is 5.29. The Balaban J connectivity index is 0.00000133. The van der Waals surface area contributed by atoms with Gasteiger partial charge < -0.3 is 10.1 Å². The summed E-state index contributed by atoms with van der Waals surface area (Å²) in [6, 6.07) is 9.36. The molecule has 0 spiro atoms. The van der Waals surface area contributed by atoms with E-state index in [1.165, 1.54) is 27.8 Å². The van der Waals surface area contributed by atoms with E-state index >= 15 is 0 Å². The highest BCUT2D eigenvalue weighted by atomic mass is 35.5. The van der Waals surface area contributed by atoms with Gasteiger partial charge in [0.25, 0.3) is 0 Å². The van der Waals surface area contributed by atoms with Gasteiger partial charge >= 0.3 is 0 Å². The van der Waals surface area contributed by atoms with E-state index in [4.69, 9.17) is 4.74 Å². The highest BCUT2D eigenvalue weighted by molar-refractivity contribution is 7.19. The number of fused-ring (bicyclic) bond motifs is 1. The summed E-state index contributed by atoms with van der Waals surface area (Å²) in [7, 11) is 1.73. The molecule has 0 radical (unpaired) electrons. The van der Waals surface area contributed by atoms with E-state index in [1.807, 2.05) is 17.4 Å². The molecule has 2 heterocycles. The number of nitrogens with one attached hydrogen (secondary N) is 1. The van der Waals surface area contributed by atoms with Gasteiger partial charge in [-0.05, 0) is 61.9 Å². The topological polar surface area (TPSA) is 21.3 Å². The molecule has 1 aliphatic rings. The fourth-order valence-corrected chi connectivity index (χ4v) is 3.99. The summed E-state index contributed by atoms with van der Waals surface area (Å²) in [5.41, 5.74) is 0. The Morgan fingerprint density at radius 1 is 1.32 bits per heavy atom. The summed E-state index contributed by atoms with van der Waals surface area (Å²) in [5.74, 6) is 1.68. The molecule has 2 atom stereocenters. The summed E-state index contributed by atoms with van der Waals surface area (Å²) in [6.07, 6.45) is 2.51. The maximum atomic E-state index is 5.29. The zero-order valence-corrected chi connectivity index (χ0v) is 12.9. The molecular formula is C15H20ClNOS. The van der Waals surface area contributed by atoms with Crippen molar-refractivity contribution < 1.29 is 4.74 Å². The lowest BCUT2D eigenvalue weighted by molar-refractivity contribution is 0.384. The van der Waals surface area contributed by atoms with Gasteiger partial charge in [-0.1, -0.05) is 0 Å². The molecule has 1 saturated heterocycles. The van der Waals surface area contributed by atoms with Crippen LogP contribution in [0.4, 0.5) is 0 Å². The lowest BCUT2D eigenvalue weighted by Gasteiger charge is -2.27. The van der Waals surface area contributed by atoms with Gasteiger partial charge in [0.1, 0.15) is 5.75 Å². The molecular weight excluding hydrogens is 278 g/mol. The van der Waals surface area contributed by atoms with Crippen LogP contribution in [0.15, 0.2) is 24.3 Å². The third-order valence-electron chi connectivity index (χ3n) is 3.77. The highest BCUT2D eigenvalue weighted by Gasteiger charge is 2.21. The second kappa shape index (κ2) is 6.12. The fourth-order valence-electron chi connectivity index (χ4n) is 2.75. The summed E-state index contributed by atoms with van der Waals surface area (Å²) in [4.78, 5) is 1.53. The minimum absolute atomic E-state index is 0. The number of thiophene rings is 1. The van der Waals surface area contributed by atoms with Crippen LogP contribution in [0.25, 0.3) is 10.1 Å². The molecule has 3 rings (SSSR count). The van der Waals surface area contributed by atoms with Crippen LogP contribution in [0.3, 0.4) is 0 Å². The smallest absolute Gasteiger partial charge is 0.120 e. The van der Waals surface area contributed by atoms with Crippen molar-refractivity contribution in [3.8, 4) is 5.75 Å². The Hall–Kier alpha value is -0.770. The highest BCUT2D eigenvalue weighted by Crippen LogP contribution is 2.37. The SMILES string of the molecule is COc1ccc2cc(C3CCNC(C)C3)sc2c1.Cl. The quantitative estimate of drug-likeness (QED) is 0.897. The molecule has 1 N–H and O–H groups in total. The van der Waals surface area contributed by atoms with Gasteiger partial charge in [0, 0.05) is 15.6 Å². The largest absolute Gasteiger partial charge is 0.497 e. The number of rotatable bonds is 2. The van der Waals surface area contributed by atoms with Gasteiger partial charge in [0.15, 0.2) is 0 Å². The lowest BCUT2D eigenvalue weighted by atomic mass is 9.92. The Kier molecular flexibility index (Phi) is 4.71. The molecule has 104 valence electrons. The van der Waals surface area contributed by atoms with E-state index < -0.39 is 0 Å². The van der Waals surface area contributed by atoms with Crippen LogP contribution < -0.4 is 10.1 Å². The summed E-state index contributed by atoms with van der Waals surface area (Å²) < 4.78 is 6.63. The van der Waals surface area contributed by atoms with Crippen molar-refractivity contribution in [3.63, 3.8) is 0 Å². The number of methoxy groups -OCH3 is 1. The first-order valence-electron chi connectivity index (χ1n) is 6.57. The van der Waals surface area contributed by atoms with Crippen molar-refractivity contribution in [1.82, 2.24) is 5.32 Å². The predicted molar refractivity (Wildman–Crippen MR) is 85.1 cm³/mol. The van der Waals surface area contributed by atoms with Crippen LogP contribution in [0.5, 0.6) is 5.75 Å². The Labute approximate surface area is 124 Å². The van der Waals surface area contributed by atoms with Gasteiger partial charge in [-0.15, -0.1) is 23.7 Å². The molecule has 1 aromatic carbocycles. The van der Waals surface area contributed by atoms with Crippen molar-refractivity contribution in [1.29, 1.82) is 0 Å². The van der Waals surface area contributed by atoms with Crippen molar-refractivity contribution in [2.24, 2.45) is 0 Å². The van der Waals surface area contributed by atoms with Crippen LogP contribution >= 0.6 is 23.7 Å². The molecule has 0 amide bonds. The van der Waals surface area contributed by atoms with E-state index in [0.717, 1.165) is 18.2 Å². The zero-order chi connectivity index (χ0) is 12.5. The molecule has 1 fully saturated rings. The normalized spacial score (nSPS) is 23.1. The third-order valence-corrected chi connectivity index (χ3v) is 5.03. The second-order valence-electron chi connectivity index (χ2n) is 5.13. The number of ether oxygens (including phenoxy) is 1. The minimum Gasteiger partial charge on any atom is -0.497 e. The van der Waals surface area contributed by atoms with E-state index in [-0.39, 0.29) is 12.4 Å². The molecule has 1 aliphatic heterocycles. The van der Waals surface area contributed by atoms with Crippen LogP contribution in [-0.4, -0.2) is 19.7 Å². The maximum Gasteiger partial charge on any atom is 0.120 e. The number of halogens is 1. The van der Waals surface area contributed by atoms with E-state index in [9.17, 15) is 0 Å². The number of hydrogen-bond donors (Lipinski definition) is 1. The van der Waals surface area contributed by atoms with Crippen molar-refractivity contribution in [3.05, 3.63) is 29.1 Å². The van der Waals surface area contributed by atoms with Crippen LogP contribution in [0.1, 0.15) is 30.6 Å². The molecule has 0 aliphatic carbocycles. The predicted octanol–water partition coefficient (Wildman–Crippen LogP) is 4.19. The van der Waals surface area contributed by atoms with Gasteiger partial charge in [-0.2, -0.15) is 0 Å². The average Bonchev–Trinajstić information content (AvgIpc) is 2.81. The Bertz CT molecular complexity index is 554. The summed E-state index contributed by atoms with van der Waals surface area (Å²) in [5, 5.41) is 4.87. The summed E-state index contributed by atoms with van der Waals surface area (Å²) >= 11 is 1.93. The molecule has 0 saturated carbocycles. The standard InChI is InChI=1S/C15H19NOS.ClH/c1-10-7-12(5-6-16-10)14-8-11-3-4-13(17-2)9-15(11)18-14;/h3-4,8-10,12,16H,5-7H2,1-2H3;1H. The lowest BCUT2D eigenvalue weighted by Crippen LogP contribution is -2.34. The average molecular weight is 298 g/mol. The fraction of sp³-hybridized carbons (Fsp3) is 0.467. The van der Waals surface area contributed by atoms with Gasteiger partial charge in [-0.3, -0.25) is 0 Å². The molecule has 4 heteroatoms. The second-order valence-corrected chi connectivity index (χ2v) is 6.24. The van der Waals surface area contributed by atoms with Crippen molar-refractivity contribution in [2.45, 2.75) is 31.7 Å².